The molecule has 9 nitrogen and oxygen atoms in total. The van der Waals surface area contributed by atoms with E-state index >= 15 is 0 Å². The maximum atomic E-state index is 12.3. The van der Waals surface area contributed by atoms with Crippen molar-refractivity contribution in [2.75, 3.05) is 4.72 Å². The monoisotopic (exact) mass is 372 g/mol. The molecule has 0 aromatic heterocycles. The number of sulfonamides is 1. The predicted molar refractivity (Wildman–Crippen MR) is 84.9 cm³/mol. The largest absolute Gasteiger partial charge is 0.296 e. The summed E-state index contributed by atoms with van der Waals surface area (Å²) in [6, 6.07) is 8.12. The van der Waals surface area contributed by atoms with E-state index < -0.39 is 41.3 Å². The number of nitrogens with zero attached hydrogens (tertiary/aromatic N) is 1. The van der Waals surface area contributed by atoms with Gasteiger partial charge in [-0.25, -0.2) is 8.42 Å². The highest BCUT2D eigenvalue weighted by molar-refractivity contribution is 7.93. The van der Waals surface area contributed by atoms with Crippen LogP contribution in [0, 0.1) is 17.0 Å². The second kappa shape index (κ2) is 6.19. The molecule has 2 aromatic carbocycles. The molecule has 0 aliphatic carbocycles. The van der Waals surface area contributed by atoms with Gasteiger partial charge in [-0.1, -0.05) is 17.7 Å². The quantitative estimate of drug-likeness (QED) is 0.463. The van der Waals surface area contributed by atoms with Gasteiger partial charge in [0.2, 0.25) is 0 Å². The lowest BCUT2D eigenvalue weighted by molar-refractivity contribution is -0.385. The first kappa shape index (κ1) is 17.8. The highest BCUT2D eigenvalue weighted by Gasteiger charge is 2.24. The number of hydrogen-bond donors (Lipinski definition) is 2. The Morgan fingerprint density at radius 3 is 2.12 bits per heavy atom. The van der Waals surface area contributed by atoms with Crippen molar-refractivity contribution in [3.05, 3.63) is 58.1 Å². The third-order valence-corrected chi connectivity index (χ3v) is 5.30. The van der Waals surface area contributed by atoms with Crippen molar-refractivity contribution in [2.24, 2.45) is 0 Å². The maximum absolute atomic E-state index is 12.3. The summed E-state index contributed by atoms with van der Waals surface area (Å²) in [6.45, 7) is 1.76. The number of benzene rings is 2. The van der Waals surface area contributed by atoms with Crippen molar-refractivity contribution in [2.45, 2.75) is 16.7 Å². The lowest BCUT2D eigenvalue weighted by Crippen LogP contribution is -2.15. The molecular formula is C13H12N2O7S2. The zero-order valence-corrected chi connectivity index (χ0v) is 13.8. The van der Waals surface area contributed by atoms with E-state index in [1.165, 1.54) is 12.1 Å². The van der Waals surface area contributed by atoms with Crippen molar-refractivity contribution < 1.29 is 26.3 Å². The van der Waals surface area contributed by atoms with Crippen molar-refractivity contribution in [3.63, 3.8) is 0 Å². The maximum Gasteiger partial charge on any atom is 0.296 e. The molecule has 0 aliphatic rings. The Morgan fingerprint density at radius 1 is 1.04 bits per heavy atom. The first-order valence-corrected chi connectivity index (χ1v) is 9.28. The Morgan fingerprint density at radius 2 is 1.62 bits per heavy atom. The fourth-order valence-corrected chi connectivity index (χ4v) is 3.65. The molecule has 0 unspecified atom stereocenters. The van der Waals surface area contributed by atoms with E-state index in [1.54, 1.807) is 19.1 Å². The molecule has 0 heterocycles. The van der Waals surface area contributed by atoms with Crippen LogP contribution in [0.2, 0.25) is 0 Å². The standard InChI is InChI=1S/C13H12N2O7S2/c1-9-2-5-11(6-3-9)23(18,19)14-12-7-4-10(15(16)17)8-13(12)24(20,21)22/h2-8,14H,1H3,(H,20,21,22). The summed E-state index contributed by atoms with van der Waals surface area (Å²) >= 11 is 0. The average molecular weight is 372 g/mol. The lowest BCUT2D eigenvalue weighted by atomic mass is 10.2. The van der Waals surface area contributed by atoms with Gasteiger partial charge in [-0.2, -0.15) is 8.42 Å². The molecule has 0 spiro atoms. The lowest BCUT2D eigenvalue weighted by Gasteiger charge is -2.11. The van der Waals surface area contributed by atoms with Crippen LogP contribution in [-0.2, 0) is 20.1 Å². The molecule has 2 aromatic rings. The molecule has 24 heavy (non-hydrogen) atoms. The molecule has 2 N–H and O–H groups in total. The minimum Gasteiger partial charge on any atom is -0.282 e. The molecule has 11 heteroatoms. The second-order valence-electron chi connectivity index (χ2n) is 4.83. The van der Waals surface area contributed by atoms with Gasteiger partial charge >= 0.3 is 0 Å². The first-order chi connectivity index (χ1) is 11.0. The Labute approximate surface area is 137 Å². The summed E-state index contributed by atoms with van der Waals surface area (Å²) in [5.41, 5.74) is -0.285. The minimum absolute atomic E-state index is 0.132. The molecule has 0 saturated carbocycles. The first-order valence-electron chi connectivity index (χ1n) is 6.36. The van der Waals surface area contributed by atoms with Crippen LogP contribution in [0.25, 0.3) is 0 Å². The number of rotatable bonds is 5. The molecule has 0 saturated heterocycles. The average Bonchev–Trinajstić information content (AvgIpc) is 2.46. The van der Waals surface area contributed by atoms with Crippen LogP contribution >= 0.6 is 0 Å². The van der Waals surface area contributed by atoms with Gasteiger partial charge in [0.05, 0.1) is 15.5 Å². The molecule has 2 rings (SSSR count). The highest BCUT2D eigenvalue weighted by atomic mass is 32.2. The number of aryl methyl sites for hydroxylation is 1. The van der Waals surface area contributed by atoms with Crippen LogP contribution in [0.3, 0.4) is 0 Å². The Bertz CT molecular complexity index is 997. The van der Waals surface area contributed by atoms with Gasteiger partial charge in [-0.15, -0.1) is 0 Å². The molecule has 0 amide bonds. The van der Waals surface area contributed by atoms with Crippen molar-refractivity contribution in [1.82, 2.24) is 0 Å². The number of non-ortho nitro benzene ring substituents is 1. The number of anilines is 1. The third kappa shape index (κ3) is 3.88. The second-order valence-corrected chi connectivity index (χ2v) is 7.90. The van der Waals surface area contributed by atoms with Gasteiger partial charge < -0.3 is 0 Å². The smallest absolute Gasteiger partial charge is 0.282 e. The molecule has 0 radical (unpaired) electrons. The molecule has 0 bridgehead atoms. The van der Waals surface area contributed by atoms with Crippen LogP contribution in [0.1, 0.15) is 5.56 Å². The number of nitrogens with one attached hydrogen (secondary N) is 1. The summed E-state index contributed by atoms with van der Waals surface area (Å²) in [6.07, 6.45) is 0. The van der Waals surface area contributed by atoms with Crippen molar-refractivity contribution >= 4 is 31.5 Å². The van der Waals surface area contributed by atoms with Crippen LogP contribution in [0.5, 0.6) is 0 Å². The Balaban J connectivity index is 2.53. The fourth-order valence-electron chi connectivity index (χ4n) is 1.84. The Hall–Kier alpha value is -2.50. The zero-order valence-electron chi connectivity index (χ0n) is 12.2. The van der Waals surface area contributed by atoms with E-state index in [2.05, 4.69) is 0 Å². The number of nitro benzene ring substituents is 1. The van der Waals surface area contributed by atoms with Crippen LogP contribution in [-0.4, -0.2) is 26.3 Å². The fraction of sp³-hybridized carbons (Fsp3) is 0.0769. The molecule has 0 aliphatic heterocycles. The van der Waals surface area contributed by atoms with Crippen LogP contribution < -0.4 is 4.72 Å². The summed E-state index contributed by atoms with van der Waals surface area (Å²) in [7, 11) is -9.02. The predicted octanol–water partition coefficient (Wildman–Crippen LogP) is 1.95. The van der Waals surface area contributed by atoms with E-state index in [4.69, 9.17) is 0 Å². The molecule has 0 fully saturated rings. The Kier molecular flexibility index (Phi) is 4.60. The van der Waals surface area contributed by atoms with Gasteiger partial charge in [0, 0.05) is 12.1 Å². The van der Waals surface area contributed by atoms with Crippen molar-refractivity contribution in [3.8, 4) is 0 Å². The number of nitro groups is 1. The van der Waals surface area contributed by atoms with Gasteiger partial charge in [0.25, 0.3) is 25.8 Å². The van der Waals surface area contributed by atoms with E-state index in [-0.39, 0.29) is 4.90 Å². The van der Waals surface area contributed by atoms with Crippen LogP contribution in [0.15, 0.2) is 52.3 Å². The van der Waals surface area contributed by atoms with Gasteiger partial charge in [0.1, 0.15) is 4.90 Å². The highest BCUT2D eigenvalue weighted by Crippen LogP contribution is 2.28. The molecule has 128 valence electrons. The van der Waals surface area contributed by atoms with Gasteiger partial charge in [-0.05, 0) is 25.1 Å². The zero-order chi connectivity index (χ0) is 18.1. The molecule has 0 atom stereocenters. The summed E-state index contributed by atoms with van der Waals surface area (Å²) in [5, 5.41) is 10.7. The molecular weight excluding hydrogens is 360 g/mol. The summed E-state index contributed by atoms with van der Waals surface area (Å²) in [5.74, 6) is 0. The van der Waals surface area contributed by atoms with E-state index in [1.807, 2.05) is 4.72 Å². The van der Waals surface area contributed by atoms with Crippen molar-refractivity contribution in [1.29, 1.82) is 0 Å². The number of hydrogen-bond acceptors (Lipinski definition) is 6. The van der Waals surface area contributed by atoms with Gasteiger partial charge in [0.15, 0.2) is 0 Å². The van der Waals surface area contributed by atoms with E-state index in [0.717, 1.165) is 17.7 Å². The SMILES string of the molecule is Cc1ccc(S(=O)(=O)Nc2ccc([N+](=O)[O-])cc2S(=O)(=O)O)cc1. The third-order valence-electron chi connectivity index (χ3n) is 3.03. The summed E-state index contributed by atoms with van der Waals surface area (Å²) in [4.78, 5) is 8.81. The topological polar surface area (TPSA) is 144 Å². The minimum atomic E-state index is -4.88. The van der Waals surface area contributed by atoms with Gasteiger partial charge in [-0.3, -0.25) is 19.4 Å². The summed E-state index contributed by atoms with van der Waals surface area (Å²) < 4.78 is 58.6. The van der Waals surface area contributed by atoms with E-state index in [9.17, 15) is 31.5 Å². The van der Waals surface area contributed by atoms with E-state index in [0.29, 0.717) is 6.07 Å². The normalized spacial score (nSPS) is 11.9. The van der Waals surface area contributed by atoms with Crippen LogP contribution in [0.4, 0.5) is 11.4 Å².